The normalized spacial score (nSPS) is 20.4. The van der Waals surface area contributed by atoms with E-state index in [1.54, 1.807) is 12.5 Å². The Morgan fingerprint density at radius 1 is 1.09 bits per heavy atom. The van der Waals surface area contributed by atoms with Gasteiger partial charge in [0.15, 0.2) is 17.3 Å². The van der Waals surface area contributed by atoms with Crippen LogP contribution in [0.15, 0.2) is 47.2 Å². The van der Waals surface area contributed by atoms with Crippen LogP contribution in [0.2, 0.25) is 0 Å². The van der Waals surface area contributed by atoms with Crippen LogP contribution in [0, 0.1) is 0 Å². The molecule has 0 radical (unpaired) electrons. The summed E-state index contributed by atoms with van der Waals surface area (Å²) in [6.45, 7) is 5.03. The highest BCUT2D eigenvalue weighted by Crippen LogP contribution is 2.33. The zero-order valence-corrected chi connectivity index (χ0v) is 17.8. The Morgan fingerprint density at radius 3 is 2.81 bits per heavy atom. The largest absolute Gasteiger partial charge is 0.469 e. The van der Waals surface area contributed by atoms with E-state index in [1.165, 1.54) is 10.5 Å². The number of hydrogen-bond acceptors (Lipinski definition) is 7. The summed E-state index contributed by atoms with van der Waals surface area (Å²) in [5, 5.41) is 0. The van der Waals surface area contributed by atoms with Gasteiger partial charge in [-0.3, -0.25) is 4.79 Å². The summed E-state index contributed by atoms with van der Waals surface area (Å²) in [5.74, 6) is 3.38. The van der Waals surface area contributed by atoms with Crippen LogP contribution in [0.25, 0.3) is 0 Å². The van der Waals surface area contributed by atoms with Gasteiger partial charge in [0.1, 0.15) is 12.3 Å². The van der Waals surface area contributed by atoms with E-state index < -0.39 is 0 Å². The summed E-state index contributed by atoms with van der Waals surface area (Å²) in [6, 6.07) is 10.00. The third kappa shape index (κ3) is 3.60. The number of carbonyl (C=O) groups excluding carboxylic acids is 1. The zero-order chi connectivity index (χ0) is 21.5. The predicted octanol–water partition coefficient (Wildman–Crippen LogP) is 1.62. The van der Waals surface area contributed by atoms with Crippen LogP contribution >= 0.6 is 0 Å². The molecule has 0 amide bonds. The van der Waals surface area contributed by atoms with E-state index in [1.807, 2.05) is 18.2 Å². The molecule has 164 valence electrons. The minimum atomic E-state index is 0.0516. The maximum absolute atomic E-state index is 12.6. The summed E-state index contributed by atoms with van der Waals surface area (Å²) in [5.41, 5.74) is 2.75. The lowest BCUT2D eigenvalue weighted by atomic mass is 9.85. The maximum atomic E-state index is 12.6. The quantitative estimate of drug-likeness (QED) is 0.670. The minimum absolute atomic E-state index is 0.0516. The van der Waals surface area contributed by atoms with Crippen molar-refractivity contribution in [2.24, 2.45) is 0 Å². The van der Waals surface area contributed by atoms with Crippen molar-refractivity contribution in [2.45, 2.75) is 25.3 Å². The predicted molar refractivity (Wildman–Crippen MR) is 115 cm³/mol. The van der Waals surface area contributed by atoms with Gasteiger partial charge in [-0.25, -0.2) is 9.97 Å². The van der Waals surface area contributed by atoms with E-state index in [0.29, 0.717) is 25.2 Å². The van der Waals surface area contributed by atoms with Crippen molar-refractivity contribution in [3.63, 3.8) is 0 Å². The van der Waals surface area contributed by atoms with Gasteiger partial charge < -0.3 is 23.7 Å². The Hall–Kier alpha value is -3.39. The van der Waals surface area contributed by atoms with Gasteiger partial charge in [-0.1, -0.05) is 0 Å². The fourth-order valence-corrected chi connectivity index (χ4v) is 4.85. The van der Waals surface area contributed by atoms with E-state index >= 15 is 0 Å². The molecule has 0 spiro atoms. The maximum Gasteiger partial charge on any atom is 0.231 e. The molecule has 32 heavy (non-hydrogen) atoms. The summed E-state index contributed by atoms with van der Waals surface area (Å²) in [6.07, 6.45) is 4.53. The Morgan fingerprint density at radius 2 is 1.97 bits per heavy atom. The molecule has 2 aromatic heterocycles. The van der Waals surface area contributed by atoms with Crippen LogP contribution in [0.3, 0.4) is 0 Å². The Bertz CT molecular complexity index is 1140. The van der Waals surface area contributed by atoms with Gasteiger partial charge in [-0.15, -0.1) is 0 Å². The number of carbonyl (C=O) groups is 1. The first kappa shape index (κ1) is 19.3. The van der Waals surface area contributed by atoms with Crippen molar-refractivity contribution in [1.82, 2.24) is 9.97 Å². The molecule has 1 atom stereocenters. The van der Waals surface area contributed by atoms with E-state index in [9.17, 15) is 4.79 Å². The lowest BCUT2D eigenvalue weighted by Crippen LogP contribution is -3.13. The van der Waals surface area contributed by atoms with E-state index in [0.717, 1.165) is 61.6 Å². The molecule has 3 aliphatic rings. The molecule has 3 aromatic rings. The van der Waals surface area contributed by atoms with Gasteiger partial charge in [0.2, 0.25) is 12.7 Å². The summed E-state index contributed by atoms with van der Waals surface area (Å²) < 4.78 is 16.4. The molecule has 0 saturated carbocycles. The number of anilines is 1. The standard InChI is InChI=1S/C24H24N4O4/c29-20-12-17(21-2-1-9-30-21)11-19-18(20)13-25-24(26-19)28-7-5-27(6-8-28)14-16-3-4-22-23(10-16)32-15-31-22/h1-4,9-10,13,17H,5-8,11-12,14-15H2/p+1/t17-/m0/s1. The third-order valence-electron chi connectivity index (χ3n) is 6.62. The fourth-order valence-electron chi connectivity index (χ4n) is 4.85. The lowest BCUT2D eigenvalue weighted by Gasteiger charge is -2.33. The van der Waals surface area contributed by atoms with Crippen LogP contribution < -0.4 is 19.3 Å². The molecule has 1 aliphatic carbocycles. The van der Waals surface area contributed by atoms with Crippen molar-refractivity contribution in [1.29, 1.82) is 0 Å². The number of ketones is 1. The highest BCUT2D eigenvalue weighted by atomic mass is 16.7. The molecular weight excluding hydrogens is 408 g/mol. The average Bonchev–Trinajstić information content (AvgIpc) is 3.51. The van der Waals surface area contributed by atoms with Crippen LogP contribution in [0.5, 0.6) is 11.5 Å². The second kappa shape index (κ2) is 7.94. The molecule has 1 saturated heterocycles. The Kier molecular flexibility index (Phi) is 4.79. The average molecular weight is 433 g/mol. The number of hydrogen-bond donors (Lipinski definition) is 1. The number of furan rings is 1. The first-order valence-corrected chi connectivity index (χ1v) is 11.1. The van der Waals surface area contributed by atoms with Gasteiger partial charge in [0.25, 0.3) is 0 Å². The first-order chi connectivity index (χ1) is 15.7. The lowest BCUT2D eigenvalue weighted by molar-refractivity contribution is -0.914. The first-order valence-electron chi connectivity index (χ1n) is 11.1. The number of piperazine rings is 1. The Labute approximate surface area is 185 Å². The molecule has 4 heterocycles. The van der Waals surface area contributed by atoms with Gasteiger partial charge in [-0.05, 0) is 30.3 Å². The van der Waals surface area contributed by atoms with Gasteiger partial charge in [0.05, 0.1) is 43.7 Å². The van der Waals surface area contributed by atoms with Crippen molar-refractivity contribution >= 4 is 11.7 Å². The summed E-state index contributed by atoms with van der Waals surface area (Å²) in [4.78, 5) is 25.7. The molecule has 1 fully saturated rings. The molecular formula is C24H25N4O4+. The number of nitrogens with one attached hydrogen (secondary N) is 1. The molecule has 6 rings (SSSR count). The van der Waals surface area contributed by atoms with Crippen LogP contribution in [-0.4, -0.2) is 48.7 Å². The molecule has 1 aromatic carbocycles. The van der Waals surface area contributed by atoms with Crippen molar-refractivity contribution in [3.05, 3.63) is 65.4 Å². The van der Waals surface area contributed by atoms with Gasteiger partial charge >= 0.3 is 0 Å². The number of Topliss-reactive ketones (excluding diaryl/α,β-unsaturated/α-hetero) is 1. The van der Waals surface area contributed by atoms with Crippen LogP contribution in [0.1, 0.15) is 39.7 Å². The second-order valence-corrected chi connectivity index (χ2v) is 8.68. The second-order valence-electron chi connectivity index (χ2n) is 8.68. The van der Waals surface area contributed by atoms with Gasteiger partial charge in [-0.2, -0.15) is 0 Å². The minimum Gasteiger partial charge on any atom is -0.469 e. The molecule has 2 aliphatic heterocycles. The van der Waals surface area contributed by atoms with E-state index in [-0.39, 0.29) is 11.7 Å². The number of ether oxygens (including phenoxy) is 2. The molecule has 1 N–H and O–H groups in total. The summed E-state index contributed by atoms with van der Waals surface area (Å²) in [7, 11) is 0. The highest BCUT2D eigenvalue weighted by molar-refractivity contribution is 5.98. The topological polar surface area (TPSA) is 82.1 Å². The van der Waals surface area contributed by atoms with Crippen LogP contribution in [-0.2, 0) is 13.0 Å². The number of benzene rings is 1. The smallest absolute Gasteiger partial charge is 0.231 e. The Balaban J connectivity index is 1.12. The van der Waals surface area contributed by atoms with Gasteiger partial charge in [0, 0.05) is 30.5 Å². The van der Waals surface area contributed by atoms with Crippen molar-refractivity contribution in [2.75, 3.05) is 37.9 Å². The number of fused-ring (bicyclic) bond motifs is 2. The zero-order valence-electron chi connectivity index (χ0n) is 17.8. The molecule has 0 unspecified atom stereocenters. The number of quaternary nitrogens is 1. The fraction of sp³-hybridized carbons (Fsp3) is 0.375. The van der Waals surface area contributed by atoms with E-state index in [4.69, 9.17) is 18.9 Å². The van der Waals surface area contributed by atoms with Crippen LogP contribution in [0.4, 0.5) is 5.95 Å². The van der Waals surface area contributed by atoms with E-state index in [2.05, 4.69) is 22.0 Å². The molecule has 0 bridgehead atoms. The SMILES string of the molecule is O=C1C[C@@H](c2ccco2)Cc2nc(N3CC[NH+](Cc4ccc5c(c4)OCO5)CC3)ncc21. The number of rotatable bonds is 4. The summed E-state index contributed by atoms with van der Waals surface area (Å²) >= 11 is 0. The molecule has 8 nitrogen and oxygen atoms in total. The van der Waals surface area contributed by atoms with Crippen molar-refractivity contribution in [3.8, 4) is 11.5 Å². The van der Waals surface area contributed by atoms with Crippen molar-refractivity contribution < 1.29 is 23.6 Å². The molecule has 8 heteroatoms. The third-order valence-corrected chi connectivity index (χ3v) is 6.62. The monoisotopic (exact) mass is 433 g/mol. The highest BCUT2D eigenvalue weighted by Gasteiger charge is 2.31. The number of nitrogens with zero attached hydrogens (tertiary/aromatic N) is 3. The number of aromatic nitrogens is 2.